The lowest BCUT2D eigenvalue weighted by atomic mass is 10.1. The van der Waals surface area contributed by atoms with Gasteiger partial charge in [-0.2, -0.15) is 13.2 Å². The van der Waals surface area contributed by atoms with Crippen molar-refractivity contribution in [3.63, 3.8) is 0 Å². The van der Waals surface area contributed by atoms with Crippen molar-refractivity contribution >= 4 is 11.6 Å². The first kappa shape index (κ1) is 24.9. The maximum atomic E-state index is 13.4. The van der Waals surface area contributed by atoms with Crippen molar-refractivity contribution < 1.29 is 22.7 Å². The Labute approximate surface area is 203 Å². The minimum Gasteiger partial charge on any atom is -0.378 e. The fraction of sp³-hybridized carbons (Fsp3) is 0.370. The zero-order valence-electron chi connectivity index (χ0n) is 20.2. The lowest BCUT2D eigenvalue weighted by Gasteiger charge is -2.29. The monoisotopic (exact) mass is 485 g/mol. The highest BCUT2D eigenvalue weighted by Gasteiger charge is 2.31. The summed E-state index contributed by atoms with van der Waals surface area (Å²) >= 11 is 0. The molecule has 8 heteroatoms. The number of rotatable bonds is 6. The van der Waals surface area contributed by atoms with E-state index in [0.29, 0.717) is 31.0 Å². The summed E-state index contributed by atoms with van der Waals surface area (Å²) in [5.74, 6) is -0.310. The number of carbonyl (C=O) groups is 1. The van der Waals surface area contributed by atoms with E-state index in [1.165, 1.54) is 6.07 Å². The third-order valence-electron chi connectivity index (χ3n) is 6.40. The Kier molecular flexibility index (Phi) is 7.21. The van der Waals surface area contributed by atoms with E-state index in [2.05, 4.69) is 16.3 Å². The fourth-order valence-electron chi connectivity index (χ4n) is 4.74. The second kappa shape index (κ2) is 10.2. The van der Waals surface area contributed by atoms with E-state index in [9.17, 15) is 18.0 Å². The van der Waals surface area contributed by atoms with Crippen LogP contribution in [-0.4, -0.2) is 36.8 Å². The molecule has 35 heavy (non-hydrogen) atoms. The molecule has 0 bridgehead atoms. The number of aryl methyl sites for hydroxylation is 1. The van der Waals surface area contributed by atoms with Crippen LogP contribution >= 0.6 is 0 Å². The number of morpholine rings is 1. The van der Waals surface area contributed by atoms with Crippen LogP contribution in [0.15, 0.2) is 48.5 Å². The number of anilines is 1. The van der Waals surface area contributed by atoms with Gasteiger partial charge < -0.3 is 19.5 Å². The number of hydrogen-bond donors (Lipinski definition) is 1. The largest absolute Gasteiger partial charge is 0.416 e. The molecule has 0 saturated carbocycles. The number of hydrogen-bond acceptors (Lipinski definition) is 3. The number of ether oxygens (including phenoxy) is 1. The van der Waals surface area contributed by atoms with Crippen molar-refractivity contribution in [2.75, 3.05) is 31.2 Å². The highest BCUT2D eigenvalue weighted by molar-refractivity contribution is 5.96. The Hall–Kier alpha value is -3.26. The summed E-state index contributed by atoms with van der Waals surface area (Å²) in [6.07, 6.45) is -4.43. The van der Waals surface area contributed by atoms with Crippen LogP contribution in [0.5, 0.6) is 0 Å². The molecule has 5 nitrogen and oxygen atoms in total. The Morgan fingerprint density at radius 1 is 1.00 bits per heavy atom. The van der Waals surface area contributed by atoms with Crippen LogP contribution in [0.2, 0.25) is 0 Å². The number of carbonyl (C=O) groups excluding carboxylic acids is 1. The average molecular weight is 486 g/mol. The molecule has 1 fully saturated rings. The lowest BCUT2D eigenvalue weighted by molar-refractivity contribution is -0.137. The number of halogens is 3. The molecule has 1 N–H and O–H groups in total. The summed E-state index contributed by atoms with van der Waals surface area (Å²) in [4.78, 5) is 15.7. The summed E-state index contributed by atoms with van der Waals surface area (Å²) in [5, 5.41) is 2.85. The van der Waals surface area contributed by atoms with Crippen molar-refractivity contribution in [1.82, 2.24) is 9.88 Å². The van der Waals surface area contributed by atoms with Crippen LogP contribution in [0.1, 0.15) is 44.0 Å². The summed E-state index contributed by atoms with van der Waals surface area (Å²) in [7, 11) is 0. The first-order valence-electron chi connectivity index (χ1n) is 11.7. The van der Waals surface area contributed by atoms with Crippen molar-refractivity contribution in [3.8, 4) is 0 Å². The molecule has 4 rings (SSSR count). The van der Waals surface area contributed by atoms with Gasteiger partial charge in [-0.05, 0) is 44.0 Å². The number of benzene rings is 2. The van der Waals surface area contributed by atoms with Crippen molar-refractivity contribution in [2.45, 2.75) is 40.0 Å². The second-order valence-electron chi connectivity index (χ2n) is 8.96. The summed E-state index contributed by atoms with van der Waals surface area (Å²) < 4.78 is 46.8. The van der Waals surface area contributed by atoms with E-state index < -0.39 is 11.7 Å². The molecule has 0 aliphatic carbocycles. The molecule has 0 spiro atoms. The summed E-state index contributed by atoms with van der Waals surface area (Å²) in [6.45, 7) is 9.22. The average Bonchev–Trinajstić information content (AvgIpc) is 3.07. The molecule has 1 aliphatic heterocycles. The predicted molar refractivity (Wildman–Crippen MR) is 130 cm³/mol. The van der Waals surface area contributed by atoms with Crippen LogP contribution in [0, 0.1) is 20.8 Å². The van der Waals surface area contributed by atoms with Crippen LogP contribution in [0.4, 0.5) is 18.9 Å². The highest BCUT2D eigenvalue weighted by atomic mass is 19.4. The van der Waals surface area contributed by atoms with E-state index >= 15 is 0 Å². The first-order valence-corrected chi connectivity index (χ1v) is 11.7. The molecule has 186 valence electrons. The van der Waals surface area contributed by atoms with Gasteiger partial charge in [0.15, 0.2) is 0 Å². The number of amides is 1. The normalized spacial score (nSPS) is 14.3. The van der Waals surface area contributed by atoms with Crippen LogP contribution < -0.4 is 10.2 Å². The number of nitrogens with zero attached hydrogens (tertiary/aromatic N) is 2. The Morgan fingerprint density at radius 2 is 1.69 bits per heavy atom. The van der Waals surface area contributed by atoms with Crippen molar-refractivity contribution in [1.29, 1.82) is 0 Å². The van der Waals surface area contributed by atoms with E-state index in [4.69, 9.17) is 4.74 Å². The minimum absolute atomic E-state index is 0.00372. The van der Waals surface area contributed by atoms with Gasteiger partial charge in [-0.1, -0.05) is 42.0 Å². The molecule has 1 amide bonds. The lowest BCUT2D eigenvalue weighted by Crippen LogP contribution is -2.36. The molecule has 3 aromatic rings. The SMILES string of the molecule is Cc1cccc(Cn2c(C)c(N3CCOCC3)c(C)c2C(=O)NCc2cccc(C(F)(F)F)c2)c1. The predicted octanol–water partition coefficient (Wildman–Crippen LogP) is 5.25. The van der Waals surface area contributed by atoms with Gasteiger partial charge in [-0.3, -0.25) is 4.79 Å². The Morgan fingerprint density at radius 3 is 2.37 bits per heavy atom. The van der Waals surface area contributed by atoms with Crippen LogP contribution in [-0.2, 0) is 24.0 Å². The van der Waals surface area contributed by atoms with Gasteiger partial charge in [0.25, 0.3) is 5.91 Å². The molecule has 0 radical (unpaired) electrons. The maximum Gasteiger partial charge on any atom is 0.416 e. The molecule has 1 aromatic heterocycles. The highest BCUT2D eigenvalue weighted by Crippen LogP contribution is 2.33. The number of nitrogens with one attached hydrogen (secondary N) is 1. The third-order valence-corrected chi connectivity index (χ3v) is 6.40. The van der Waals surface area contributed by atoms with Crippen LogP contribution in [0.3, 0.4) is 0 Å². The standard InChI is InChI=1S/C27H30F3N3O2/c1-18-6-4-8-22(14-18)17-33-20(3)24(32-10-12-35-13-11-32)19(2)25(33)26(34)31-16-21-7-5-9-23(15-21)27(28,29)30/h4-9,14-15H,10-13,16-17H2,1-3H3,(H,31,34). The zero-order chi connectivity index (χ0) is 25.2. The molecule has 0 unspecified atom stereocenters. The topological polar surface area (TPSA) is 46.5 Å². The summed E-state index contributed by atoms with van der Waals surface area (Å²) in [5.41, 5.74) is 5.26. The molecule has 2 heterocycles. The zero-order valence-corrected chi connectivity index (χ0v) is 20.2. The molecule has 1 saturated heterocycles. The van der Waals surface area contributed by atoms with Gasteiger partial charge >= 0.3 is 6.18 Å². The van der Waals surface area contributed by atoms with E-state index in [1.807, 2.05) is 43.5 Å². The number of alkyl halides is 3. The Balaban J connectivity index is 1.66. The smallest absolute Gasteiger partial charge is 0.378 e. The van der Waals surface area contributed by atoms with Crippen molar-refractivity contribution in [2.24, 2.45) is 0 Å². The third kappa shape index (κ3) is 5.53. The quantitative estimate of drug-likeness (QED) is 0.519. The van der Waals surface area contributed by atoms with Gasteiger partial charge in [0, 0.05) is 37.4 Å². The maximum absolute atomic E-state index is 13.4. The molecule has 2 aromatic carbocycles. The van der Waals surface area contributed by atoms with E-state index in [0.717, 1.165) is 53.3 Å². The molecule has 1 aliphatic rings. The minimum atomic E-state index is -4.43. The second-order valence-corrected chi connectivity index (χ2v) is 8.96. The Bertz CT molecular complexity index is 1210. The van der Waals surface area contributed by atoms with E-state index in [1.54, 1.807) is 6.07 Å². The first-order chi connectivity index (χ1) is 16.6. The fourth-order valence-corrected chi connectivity index (χ4v) is 4.74. The van der Waals surface area contributed by atoms with Gasteiger partial charge in [0.2, 0.25) is 0 Å². The molecular weight excluding hydrogens is 455 g/mol. The molecular formula is C27H30F3N3O2. The van der Waals surface area contributed by atoms with Gasteiger partial charge in [-0.25, -0.2) is 0 Å². The number of aromatic nitrogens is 1. The van der Waals surface area contributed by atoms with Crippen LogP contribution in [0.25, 0.3) is 0 Å². The summed E-state index contributed by atoms with van der Waals surface area (Å²) in [6, 6.07) is 13.2. The van der Waals surface area contributed by atoms with Gasteiger partial charge in [0.1, 0.15) is 5.69 Å². The van der Waals surface area contributed by atoms with Gasteiger partial charge in [-0.15, -0.1) is 0 Å². The molecule has 0 atom stereocenters. The van der Waals surface area contributed by atoms with Gasteiger partial charge in [0.05, 0.1) is 24.5 Å². The van der Waals surface area contributed by atoms with Crippen molar-refractivity contribution in [3.05, 3.63) is 87.7 Å². The van der Waals surface area contributed by atoms with E-state index in [-0.39, 0.29) is 12.5 Å².